The van der Waals surface area contributed by atoms with Gasteiger partial charge in [0.15, 0.2) is 0 Å². The zero-order valence-electron chi connectivity index (χ0n) is 22.0. The Hall–Kier alpha value is -1.24. The molecule has 0 unspecified atom stereocenters. The number of benzene rings is 1. The van der Waals surface area contributed by atoms with Crippen LogP contribution in [0.15, 0.2) is 48.7 Å². The van der Waals surface area contributed by atoms with Gasteiger partial charge in [-0.25, -0.2) is 9.78 Å². The van der Waals surface area contributed by atoms with Gasteiger partial charge in [-0.2, -0.15) is 35.9 Å². The van der Waals surface area contributed by atoms with E-state index in [9.17, 15) is 4.79 Å². The summed E-state index contributed by atoms with van der Waals surface area (Å²) in [5.41, 5.74) is 4.85. The van der Waals surface area contributed by atoms with Crippen LogP contribution in [0.2, 0.25) is 0 Å². The van der Waals surface area contributed by atoms with E-state index < -0.39 is 5.97 Å². The Bertz CT molecular complexity index is 774. The molecule has 5 rings (SSSR count). The smallest absolute Gasteiger partial charge is 0.354 e. The Balaban J connectivity index is 0.000000223. The summed E-state index contributed by atoms with van der Waals surface area (Å²) in [5.74, 6) is -0.990. The van der Waals surface area contributed by atoms with E-state index in [0.29, 0.717) is 7.92 Å². The molecule has 0 saturated heterocycles. The van der Waals surface area contributed by atoms with Crippen molar-refractivity contribution < 1.29 is 26.4 Å². The summed E-state index contributed by atoms with van der Waals surface area (Å²) in [7, 11) is 0.385. The van der Waals surface area contributed by atoms with Gasteiger partial charge in [-0.1, -0.05) is 78.7 Å². The molecule has 1 heterocycles. The number of carboxylic acid groups (broad SMARTS) is 1. The molecule has 0 amide bonds. The first kappa shape index (κ1) is 31.0. The van der Waals surface area contributed by atoms with E-state index in [1.807, 2.05) is 31.2 Å². The molecule has 3 nitrogen and oxygen atoms in total. The van der Waals surface area contributed by atoms with Crippen LogP contribution in [-0.4, -0.2) is 33.0 Å². The first-order chi connectivity index (χ1) is 17.1. The fourth-order valence-electron chi connectivity index (χ4n) is 6.00. The second kappa shape index (κ2) is 18.1. The molecule has 1 aromatic heterocycles. The van der Waals surface area contributed by atoms with Crippen molar-refractivity contribution in [2.45, 2.75) is 120 Å². The quantitative estimate of drug-likeness (QED) is 0.234. The Labute approximate surface area is 231 Å². The Morgan fingerprint density at radius 3 is 1.53 bits per heavy atom. The predicted octanol–water partition coefficient (Wildman–Crippen LogP) is 9.04. The minimum absolute atomic E-state index is 0. The second-order valence-corrected chi connectivity index (χ2v) is 13.5. The number of pyridine rings is 1. The number of aromatic nitrogens is 1. The first-order valence-corrected chi connectivity index (χ1v) is 15.5. The molecule has 1 aromatic carbocycles. The summed E-state index contributed by atoms with van der Waals surface area (Å²) in [4.78, 5) is 13.7. The van der Waals surface area contributed by atoms with E-state index in [4.69, 9.17) is 5.11 Å². The Morgan fingerprint density at radius 2 is 1.25 bits per heavy atom. The van der Waals surface area contributed by atoms with Crippen molar-refractivity contribution in [1.82, 2.24) is 4.98 Å². The summed E-state index contributed by atoms with van der Waals surface area (Å²) in [6.45, 7) is 2.03. The normalized spacial score (nSPS) is 19.2. The molecule has 3 aliphatic carbocycles. The number of carbonyl (C=O) groups is 1. The molecule has 0 radical (unpaired) electrons. The van der Waals surface area contributed by atoms with Crippen molar-refractivity contribution in [1.29, 1.82) is 0 Å². The molecule has 3 fully saturated rings. The summed E-state index contributed by atoms with van der Waals surface area (Å²) in [6.07, 6.45) is 25.1. The van der Waals surface area contributed by atoms with Crippen LogP contribution in [0.4, 0.5) is 0 Å². The van der Waals surface area contributed by atoms with Gasteiger partial charge in [0.1, 0.15) is 5.69 Å². The van der Waals surface area contributed by atoms with E-state index in [2.05, 4.69) is 11.1 Å². The summed E-state index contributed by atoms with van der Waals surface area (Å²) >= 11 is 0. The number of aryl methyl sites for hydroxylation is 1. The Kier molecular flexibility index (Phi) is 15.6. The molecule has 1 N–H and O–H groups in total. The number of carboxylic acids is 1. The molecule has 3 aliphatic rings. The standard InChI is InChI=1S/C18H33P.C7H7.C6H5NO2.Ni/c1-4-10-16(11-5-1)19(17-12-6-2-7-13-17)18-14-8-3-9-15-18;1-7-5-3-2-4-6-7;8-6(9)5-3-1-2-4-7-5;/h16-18H,1-15H2;2-5H,1H3;1-4H,(H,8,9);/q;-1;;. The number of hydrogen-bond acceptors (Lipinski definition) is 2. The molecule has 202 valence electrons. The van der Waals surface area contributed by atoms with Crippen LogP contribution in [0, 0.1) is 13.0 Å². The van der Waals surface area contributed by atoms with E-state index >= 15 is 0 Å². The van der Waals surface area contributed by atoms with Crippen LogP contribution in [0.5, 0.6) is 0 Å². The zero-order valence-corrected chi connectivity index (χ0v) is 23.9. The number of nitrogens with zero attached hydrogens (tertiary/aromatic N) is 1. The largest absolute Gasteiger partial charge is 0.477 e. The second-order valence-electron chi connectivity index (χ2n) is 10.4. The summed E-state index contributed by atoms with van der Waals surface area (Å²) < 4.78 is 0. The van der Waals surface area contributed by atoms with Crippen LogP contribution >= 0.6 is 7.92 Å². The van der Waals surface area contributed by atoms with E-state index in [-0.39, 0.29) is 22.2 Å². The van der Waals surface area contributed by atoms with Gasteiger partial charge in [0.25, 0.3) is 0 Å². The molecule has 0 atom stereocenters. The minimum atomic E-state index is -0.990. The van der Waals surface area contributed by atoms with Gasteiger partial charge in [0, 0.05) is 22.7 Å². The third-order valence-corrected chi connectivity index (χ3v) is 11.8. The molecular formula is C31H45NNiO2P-. The minimum Gasteiger partial charge on any atom is -0.477 e. The van der Waals surface area contributed by atoms with Gasteiger partial charge in [-0.3, -0.25) is 0 Å². The molecule has 5 heteroatoms. The molecule has 36 heavy (non-hydrogen) atoms. The predicted molar refractivity (Wildman–Crippen MR) is 149 cm³/mol. The topological polar surface area (TPSA) is 50.2 Å². The molecule has 0 spiro atoms. The van der Waals surface area contributed by atoms with Gasteiger partial charge >= 0.3 is 5.97 Å². The summed E-state index contributed by atoms with van der Waals surface area (Å²) in [5, 5.41) is 8.32. The third-order valence-electron chi connectivity index (χ3n) is 7.74. The van der Waals surface area contributed by atoms with Crippen LogP contribution in [-0.2, 0) is 16.5 Å². The third kappa shape index (κ3) is 11.0. The van der Waals surface area contributed by atoms with Gasteiger partial charge in [-0.15, -0.1) is 0 Å². The van der Waals surface area contributed by atoms with Crippen LogP contribution < -0.4 is 0 Å². The molecule has 3 saturated carbocycles. The van der Waals surface area contributed by atoms with Crippen molar-refractivity contribution in [3.8, 4) is 0 Å². The summed E-state index contributed by atoms with van der Waals surface area (Å²) in [6, 6.07) is 15.7. The maximum Gasteiger partial charge on any atom is 0.354 e. The maximum absolute atomic E-state index is 10.1. The number of aromatic carboxylic acids is 1. The van der Waals surface area contributed by atoms with E-state index in [0.717, 1.165) is 0 Å². The number of hydrogen-bond donors (Lipinski definition) is 1. The molecule has 0 aliphatic heterocycles. The van der Waals surface area contributed by atoms with Gasteiger partial charge in [0.2, 0.25) is 0 Å². The average Bonchev–Trinajstić information content (AvgIpc) is 2.92. The van der Waals surface area contributed by atoms with Crippen LogP contribution in [0.3, 0.4) is 0 Å². The van der Waals surface area contributed by atoms with E-state index in [1.165, 1.54) is 54.1 Å². The van der Waals surface area contributed by atoms with Crippen molar-refractivity contribution in [2.75, 3.05) is 0 Å². The molecule has 2 aromatic rings. The van der Waals surface area contributed by atoms with E-state index in [1.54, 1.807) is 89.2 Å². The SMILES string of the molecule is C1CCC(P(C2CCCCC2)C2CCCCC2)CC1.Cc1[c-]cccc1.O=C(O)c1ccccn1.[Ni]. The zero-order chi connectivity index (χ0) is 24.7. The maximum atomic E-state index is 10.1. The van der Waals surface area contributed by atoms with Crippen LogP contribution in [0.1, 0.15) is 112 Å². The van der Waals surface area contributed by atoms with Gasteiger partial charge in [-0.05, 0) is 67.6 Å². The fourth-order valence-corrected chi connectivity index (χ4v) is 10.7. The number of rotatable bonds is 4. The van der Waals surface area contributed by atoms with Crippen molar-refractivity contribution in [2.24, 2.45) is 0 Å². The van der Waals surface area contributed by atoms with Crippen molar-refractivity contribution in [3.63, 3.8) is 0 Å². The Morgan fingerprint density at radius 1 is 0.778 bits per heavy atom. The van der Waals surface area contributed by atoms with Gasteiger partial charge < -0.3 is 5.11 Å². The van der Waals surface area contributed by atoms with Crippen molar-refractivity contribution in [3.05, 3.63) is 66.0 Å². The van der Waals surface area contributed by atoms with Crippen LogP contribution in [0.25, 0.3) is 0 Å². The molecular weight excluding hydrogens is 508 g/mol. The van der Waals surface area contributed by atoms with Crippen molar-refractivity contribution >= 4 is 13.9 Å². The fraction of sp³-hybridized carbons (Fsp3) is 0.613. The van der Waals surface area contributed by atoms with Gasteiger partial charge in [0.05, 0.1) is 0 Å². The monoisotopic (exact) mass is 552 g/mol. The molecule has 0 bridgehead atoms. The first-order valence-electron chi connectivity index (χ1n) is 14.0. The average molecular weight is 553 g/mol.